The Labute approximate surface area is 69.0 Å². The van der Waals surface area contributed by atoms with Gasteiger partial charge in [0.1, 0.15) is 0 Å². The molecule has 1 aliphatic heterocycles. The van der Waals surface area contributed by atoms with Gasteiger partial charge in [-0.25, -0.2) is 0 Å². The fourth-order valence-corrected chi connectivity index (χ4v) is 2.75. The highest BCUT2D eigenvalue weighted by Gasteiger charge is 2.28. The Kier molecular flexibility index (Phi) is 2.65. The van der Waals surface area contributed by atoms with E-state index in [-0.39, 0.29) is 5.54 Å². The van der Waals surface area contributed by atoms with Crippen LogP contribution in [0.5, 0.6) is 0 Å². The predicted molar refractivity (Wildman–Crippen MR) is 44.7 cm³/mol. The molecule has 0 unspecified atom stereocenters. The van der Waals surface area contributed by atoms with Crippen LogP contribution in [0.3, 0.4) is 0 Å². The first-order valence-electron chi connectivity index (χ1n) is 3.73. The van der Waals surface area contributed by atoms with Crippen molar-refractivity contribution in [3.63, 3.8) is 0 Å². The van der Waals surface area contributed by atoms with Gasteiger partial charge in [-0.1, -0.05) is 0 Å². The van der Waals surface area contributed by atoms with E-state index in [4.69, 9.17) is 0 Å². The second-order valence-electron chi connectivity index (χ2n) is 3.17. The fraction of sp³-hybridized carbons (Fsp3) is 0.857. The van der Waals surface area contributed by atoms with Crippen molar-refractivity contribution in [1.82, 2.24) is 5.32 Å². The molecule has 0 bridgehead atoms. The van der Waals surface area contributed by atoms with Crippen molar-refractivity contribution < 1.29 is 9.00 Å². The summed E-state index contributed by atoms with van der Waals surface area (Å²) < 4.78 is 11.0. The van der Waals surface area contributed by atoms with Gasteiger partial charge < -0.3 is 5.32 Å². The molecule has 0 aromatic heterocycles. The maximum atomic E-state index is 11.0. The van der Waals surface area contributed by atoms with E-state index in [9.17, 15) is 9.00 Å². The van der Waals surface area contributed by atoms with Crippen LogP contribution in [-0.4, -0.2) is 27.7 Å². The van der Waals surface area contributed by atoms with Gasteiger partial charge in [-0.3, -0.25) is 9.00 Å². The minimum Gasteiger partial charge on any atom is -0.353 e. The van der Waals surface area contributed by atoms with Gasteiger partial charge in [-0.15, -0.1) is 0 Å². The first-order valence-corrected chi connectivity index (χ1v) is 5.21. The van der Waals surface area contributed by atoms with Crippen LogP contribution in [0.2, 0.25) is 0 Å². The Morgan fingerprint density at radius 2 is 2.00 bits per heavy atom. The maximum Gasteiger partial charge on any atom is 0.207 e. The Bertz CT molecular complexity index is 171. The minimum atomic E-state index is -0.646. The molecule has 0 aromatic carbocycles. The zero-order valence-corrected chi connectivity index (χ0v) is 7.45. The summed E-state index contributed by atoms with van der Waals surface area (Å²) in [5.41, 5.74) is -0.102. The number of carbonyl (C=O) groups excluding carboxylic acids is 1. The van der Waals surface area contributed by atoms with E-state index >= 15 is 0 Å². The monoisotopic (exact) mass is 175 g/mol. The molecule has 1 fully saturated rings. The minimum absolute atomic E-state index is 0.102. The van der Waals surface area contributed by atoms with Crippen LogP contribution < -0.4 is 5.32 Å². The molecule has 1 aliphatic rings. The summed E-state index contributed by atoms with van der Waals surface area (Å²) in [6.45, 7) is 2.00. The molecule has 0 aromatic rings. The Morgan fingerprint density at radius 3 is 2.45 bits per heavy atom. The lowest BCUT2D eigenvalue weighted by molar-refractivity contribution is -0.111. The molecule has 1 rings (SSSR count). The lowest BCUT2D eigenvalue weighted by atomic mass is 9.95. The molecule has 11 heavy (non-hydrogen) atoms. The lowest BCUT2D eigenvalue weighted by Crippen LogP contribution is -2.46. The molecule has 4 heteroatoms. The molecule has 3 nitrogen and oxygen atoms in total. The van der Waals surface area contributed by atoms with Gasteiger partial charge in [-0.2, -0.15) is 0 Å². The zero-order valence-electron chi connectivity index (χ0n) is 6.63. The summed E-state index contributed by atoms with van der Waals surface area (Å²) in [6.07, 6.45) is 2.39. The molecule has 0 atom stereocenters. The van der Waals surface area contributed by atoms with Crippen LogP contribution in [-0.2, 0) is 15.6 Å². The third-order valence-corrected chi connectivity index (χ3v) is 3.49. The summed E-state index contributed by atoms with van der Waals surface area (Å²) in [7, 11) is -0.646. The highest BCUT2D eigenvalue weighted by molar-refractivity contribution is 7.85. The standard InChI is InChI=1S/C7H13NO2S/c1-7(8-6-9)2-4-11(10)5-3-7/h6H,2-5H2,1H3,(H,8,9). The van der Waals surface area contributed by atoms with E-state index in [2.05, 4.69) is 5.32 Å². The second-order valence-corrected chi connectivity index (χ2v) is 4.87. The molecule has 0 radical (unpaired) electrons. The topological polar surface area (TPSA) is 46.2 Å². The molecule has 1 heterocycles. The Hall–Kier alpha value is -0.380. The van der Waals surface area contributed by atoms with E-state index < -0.39 is 10.8 Å². The van der Waals surface area contributed by atoms with Crippen molar-refractivity contribution >= 4 is 17.2 Å². The quantitative estimate of drug-likeness (QED) is 0.602. The SMILES string of the molecule is CC1(NC=O)CCS(=O)CC1. The van der Waals surface area contributed by atoms with Gasteiger partial charge in [0.25, 0.3) is 0 Å². The van der Waals surface area contributed by atoms with E-state index in [0.29, 0.717) is 0 Å². The molecule has 64 valence electrons. The first-order chi connectivity index (χ1) is 5.16. The van der Waals surface area contributed by atoms with Gasteiger partial charge in [-0.05, 0) is 19.8 Å². The van der Waals surface area contributed by atoms with Gasteiger partial charge >= 0.3 is 0 Å². The van der Waals surface area contributed by atoms with Crippen molar-refractivity contribution in [2.45, 2.75) is 25.3 Å². The van der Waals surface area contributed by atoms with Crippen LogP contribution in [0.15, 0.2) is 0 Å². The maximum absolute atomic E-state index is 11.0. The zero-order chi connectivity index (χ0) is 8.32. The smallest absolute Gasteiger partial charge is 0.207 e. The predicted octanol–water partition coefficient (Wildman–Crippen LogP) is 0.0336. The highest BCUT2D eigenvalue weighted by Crippen LogP contribution is 2.20. The number of nitrogens with one attached hydrogen (secondary N) is 1. The molecular formula is C7H13NO2S. The number of amides is 1. The molecule has 0 spiro atoms. The van der Waals surface area contributed by atoms with Gasteiger partial charge in [0.2, 0.25) is 6.41 Å². The number of carbonyl (C=O) groups is 1. The van der Waals surface area contributed by atoms with Crippen LogP contribution in [0.25, 0.3) is 0 Å². The number of rotatable bonds is 2. The van der Waals surface area contributed by atoms with Crippen molar-refractivity contribution in [2.75, 3.05) is 11.5 Å². The third-order valence-electron chi connectivity index (χ3n) is 2.17. The third kappa shape index (κ3) is 2.29. The summed E-state index contributed by atoms with van der Waals surface area (Å²) in [5.74, 6) is 1.44. The van der Waals surface area contributed by atoms with E-state index in [1.165, 1.54) is 0 Å². The van der Waals surface area contributed by atoms with Crippen LogP contribution >= 0.6 is 0 Å². The molecule has 1 amide bonds. The van der Waals surface area contributed by atoms with Crippen molar-refractivity contribution in [1.29, 1.82) is 0 Å². The largest absolute Gasteiger partial charge is 0.353 e. The summed E-state index contributed by atoms with van der Waals surface area (Å²) in [5, 5.41) is 2.77. The summed E-state index contributed by atoms with van der Waals surface area (Å²) >= 11 is 0. The fourth-order valence-electron chi connectivity index (χ4n) is 1.19. The molecule has 1 N–H and O–H groups in total. The normalized spacial score (nSPS) is 38.1. The van der Waals surface area contributed by atoms with E-state index in [1.54, 1.807) is 0 Å². The van der Waals surface area contributed by atoms with Gasteiger partial charge in [0, 0.05) is 27.8 Å². The van der Waals surface area contributed by atoms with Crippen molar-refractivity contribution in [3.8, 4) is 0 Å². The van der Waals surface area contributed by atoms with Crippen LogP contribution in [0.4, 0.5) is 0 Å². The van der Waals surface area contributed by atoms with Crippen LogP contribution in [0, 0.1) is 0 Å². The van der Waals surface area contributed by atoms with Crippen molar-refractivity contribution in [3.05, 3.63) is 0 Å². The van der Waals surface area contributed by atoms with Crippen LogP contribution in [0.1, 0.15) is 19.8 Å². The number of hydrogen-bond donors (Lipinski definition) is 1. The summed E-state index contributed by atoms with van der Waals surface area (Å²) in [4.78, 5) is 10.2. The van der Waals surface area contributed by atoms with E-state index in [0.717, 1.165) is 30.8 Å². The Balaban J connectivity index is 2.47. The van der Waals surface area contributed by atoms with Gasteiger partial charge in [0.15, 0.2) is 0 Å². The summed E-state index contributed by atoms with van der Waals surface area (Å²) in [6, 6.07) is 0. The molecular weight excluding hydrogens is 162 g/mol. The second kappa shape index (κ2) is 3.34. The molecule has 1 saturated heterocycles. The molecule has 0 aliphatic carbocycles. The first kappa shape index (κ1) is 8.71. The van der Waals surface area contributed by atoms with Crippen molar-refractivity contribution in [2.24, 2.45) is 0 Å². The average molecular weight is 175 g/mol. The van der Waals surface area contributed by atoms with Gasteiger partial charge in [0.05, 0.1) is 0 Å². The Morgan fingerprint density at radius 1 is 1.45 bits per heavy atom. The van der Waals surface area contributed by atoms with E-state index in [1.807, 2.05) is 6.92 Å². The molecule has 0 saturated carbocycles. The highest BCUT2D eigenvalue weighted by atomic mass is 32.2. The lowest BCUT2D eigenvalue weighted by Gasteiger charge is -2.32. The average Bonchev–Trinajstić information content (AvgIpc) is 1.97. The number of hydrogen-bond acceptors (Lipinski definition) is 2.